The van der Waals surface area contributed by atoms with E-state index in [4.69, 9.17) is 4.74 Å². The number of halogens is 1. The first-order valence-electron chi connectivity index (χ1n) is 6.69. The minimum atomic E-state index is -0.499. The number of rotatable bonds is 6. The van der Waals surface area contributed by atoms with Gasteiger partial charge in [0.05, 0.1) is 0 Å². The van der Waals surface area contributed by atoms with Crippen molar-refractivity contribution in [3.63, 3.8) is 0 Å². The molecular formula is C16H22ClNO2. The van der Waals surface area contributed by atoms with Gasteiger partial charge in [-0.25, -0.2) is 0 Å². The third-order valence-corrected chi connectivity index (χ3v) is 2.94. The zero-order chi connectivity index (χ0) is 13.7. The maximum atomic E-state index is 9.84. The van der Waals surface area contributed by atoms with Gasteiger partial charge in [0.1, 0.15) is 18.5 Å². The van der Waals surface area contributed by atoms with Crippen molar-refractivity contribution < 1.29 is 9.84 Å². The van der Waals surface area contributed by atoms with Crippen LogP contribution in [0, 0.1) is 0 Å². The van der Waals surface area contributed by atoms with Crippen molar-refractivity contribution in [3.05, 3.63) is 42.5 Å². The van der Waals surface area contributed by atoms with E-state index in [9.17, 15) is 5.11 Å². The normalized spacial score (nSPS) is 12.2. The number of nitrogens with one attached hydrogen (secondary N) is 1. The Hall–Kier alpha value is -1.29. The fourth-order valence-corrected chi connectivity index (χ4v) is 1.94. The highest BCUT2D eigenvalue weighted by Crippen LogP contribution is 2.25. The van der Waals surface area contributed by atoms with Crippen molar-refractivity contribution in [1.82, 2.24) is 5.32 Å². The molecule has 0 fully saturated rings. The van der Waals surface area contributed by atoms with Crippen LogP contribution < -0.4 is 10.1 Å². The lowest BCUT2D eigenvalue weighted by atomic mass is 10.2. The molecule has 0 saturated heterocycles. The van der Waals surface area contributed by atoms with Crippen LogP contribution in [0.2, 0.25) is 0 Å². The summed E-state index contributed by atoms with van der Waals surface area (Å²) in [5.74, 6) is 0.821. The fraction of sp³-hybridized carbons (Fsp3) is 0.375. The zero-order valence-electron chi connectivity index (χ0n) is 11.9. The van der Waals surface area contributed by atoms with Crippen LogP contribution in [0.3, 0.4) is 0 Å². The van der Waals surface area contributed by atoms with Crippen LogP contribution in [-0.4, -0.2) is 30.4 Å². The molecule has 0 aliphatic rings. The molecule has 0 bridgehead atoms. The Bertz CT molecular complexity index is 525. The molecule has 2 rings (SSSR count). The largest absolute Gasteiger partial charge is 0.490 e. The van der Waals surface area contributed by atoms with Gasteiger partial charge >= 0.3 is 0 Å². The second-order valence-corrected chi connectivity index (χ2v) is 5.01. The lowest BCUT2D eigenvalue weighted by molar-refractivity contribution is 0.105. The van der Waals surface area contributed by atoms with E-state index in [-0.39, 0.29) is 12.4 Å². The summed E-state index contributed by atoms with van der Waals surface area (Å²) in [6.07, 6.45) is -0.499. The third-order valence-electron chi connectivity index (χ3n) is 2.94. The summed E-state index contributed by atoms with van der Waals surface area (Å²) in [7, 11) is 0. The van der Waals surface area contributed by atoms with E-state index >= 15 is 0 Å². The minimum absolute atomic E-state index is 0. The van der Waals surface area contributed by atoms with Crippen LogP contribution in [0.5, 0.6) is 5.75 Å². The molecule has 0 aromatic heterocycles. The smallest absolute Gasteiger partial charge is 0.127 e. The molecule has 0 radical (unpaired) electrons. The predicted molar refractivity (Wildman–Crippen MR) is 85.8 cm³/mol. The number of hydrogen-bond acceptors (Lipinski definition) is 3. The van der Waals surface area contributed by atoms with Gasteiger partial charge in [-0.15, -0.1) is 12.4 Å². The average molecular weight is 298 g/mol. The quantitative estimate of drug-likeness (QED) is 0.861. The fourth-order valence-electron chi connectivity index (χ4n) is 1.94. The van der Waals surface area contributed by atoms with Gasteiger partial charge in [-0.1, -0.05) is 50.2 Å². The Kier molecular flexibility index (Phi) is 6.79. The molecule has 1 atom stereocenters. The van der Waals surface area contributed by atoms with Crippen molar-refractivity contribution >= 4 is 23.2 Å². The summed E-state index contributed by atoms with van der Waals surface area (Å²) >= 11 is 0. The molecule has 110 valence electrons. The Morgan fingerprint density at radius 2 is 1.90 bits per heavy atom. The molecule has 4 heteroatoms. The number of ether oxygens (including phenoxy) is 1. The Balaban J connectivity index is 0.00000200. The van der Waals surface area contributed by atoms with E-state index in [2.05, 4.69) is 31.3 Å². The molecule has 20 heavy (non-hydrogen) atoms. The Morgan fingerprint density at radius 3 is 2.65 bits per heavy atom. The first kappa shape index (κ1) is 16.8. The van der Waals surface area contributed by atoms with E-state index in [1.807, 2.05) is 30.3 Å². The number of fused-ring (bicyclic) bond motifs is 1. The molecule has 0 aliphatic heterocycles. The predicted octanol–water partition coefficient (Wildman–Crippen LogP) is 3.00. The van der Waals surface area contributed by atoms with Crippen molar-refractivity contribution in [2.24, 2.45) is 0 Å². The Morgan fingerprint density at radius 1 is 1.20 bits per heavy atom. The van der Waals surface area contributed by atoms with Crippen LogP contribution in [0.25, 0.3) is 10.8 Å². The number of aliphatic hydroxyl groups excluding tert-OH is 1. The molecule has 1 unspecified atom stereocenters. The highest BCUT2D eigenvalue weighted by Gasteiger charge is 2.07. The van der Waals surface area contributed by atoms with Crippen molar-refractivity contribution in [2.45, 2.75) is 26.0 Å². The van der Waals surface area contributed by atoms with Gasteiger partial charge in [0, 0.05) is 18.0 Å². The van der Waals surface area contributed by atoms with Crippen LogP contribution in [0.15, 0.2) is 42.5 Å². The van der Waals surface area contributed by atoms with Gasteiger partial charge in [-0.05, 0) is 11.5 Å². The molecule has 0 heterocycles. The van der Waals surface area contributed by atoms with Gasteiger partial charge in [0.2, 0.25) is 0 Å². The van der Waals surface area contributed by atoms with Crippen LogP contribution in [0.1, 0.15) is 13.8 Å². The van der Waals surface area contributed by atoms with Gasteiger partial charge < -0.3 is 15.2 Å². The molecule has 0 amide bonds. The summed E-state index contributed by atoms with van der Waals surface area (Å²) in [6.45, 7) is 4.95. The molecule has 3 nitrogen and oxygen atoms in total. The molecule has 2 aromatic carbocycles. The topological polar surface area (TPSA) is 41.5 Å². The first-order valence-corrected chi connectivity index (χ1v) is 6.69. The number of hydrogen-bond donors (Lipinski definition) is 2. The minimum Gasteiger partial charge on any atom is -0.490 e. The maximum absolute atomic E-state index is 9.84. The highest BCUT2D eigenvalue weighted by molar-refractivity contribution is 5.88. The monoisotopic (exact) mass is 297 g/mol. The van der Waals surface area contributed by atoms with E-state index in [1.165, 1.54) is 0 Å². The average Bonchev–Trinajstić information content (AvgIpc) is 2.42. The Labute approximate surface area is 126 Å². The van der Waals surface area contributed by atoms with Gasteiger partial charge in [0.15, 0.2) is 0 Å². The summed E-state index contributed by atoms with van der Waals surface area (Å²) in [4.78, 5) is 0. The standard InChI is InChI=1S/C16H21NO2.ClH/c1-12(2)17-10-14(18)11-19-16-9-5-7-13-6-3-4-8-15(13)16;/h3-9,12,14,17-18H,10-11H2,1-2H3;1H/i16+2;. The molecule has 0 aliphatic carbocycles. The van der Waals surface area contributed by atoms with Crippen molar-refractivity contribution in [2.75, 3.05) is 13.2 Å². The molecule has 0 saturated carbocycles. The third kappa shape index (κ3) is 4.67. The van der Waals surface area contributed by atoms with E-state index in [0.717, 1.165) is 16.5 Å². The lowest BCUT2D eigenvalue weighted by Crippen LogP contribution is -2.35. The van der Waals surface area contributed by atoms with Crippen molar-refractivity contribution in [1.29, 1.82) is 0 Å². The summed E-state index contributed by atoms with van der Waals surface area (Å²) in [5, 5.41) is 15.3. The van der Waals surface area contributed by atoms with Gasteiger partial charge in [0.25, 0.3) is 0 Å². The first-order chi connectivity index (χ1) is 9.16. The van der Waals surface area contributed by atoms with Crippen molar-refractivity contribution in [3.8, 4) is 5.75 Å². The molecule has 2 aromatic rings. The lowest BCUT2D eigenvalue weighted by Gasteiger charge is -2.15. The zero-order valence-corrected chi connectivity index (χ0v) is 12.7. The SMILES string of the molecule is CC(C)NCC(O)CO[14c]1cccc2ccccc21.Cl. The number of benzene rings is 2. The maximum Gasteiger partial charge on any atom is 0.127 e. The summed E-state index contributed by atoms with van der Waals surface area (Å²) in [6, 6.07) is 14.4. The van der Waals surface area contributed by atoms with Crippen LogP contribution in [0.4, 0.5) is 0 Å². The summed E-state index contributed by atoms with van der Waals surface area (Å²) in [5.41, 5.74) is 0. The highest BCUT2D eigenvalue weighted by atomic mass is 35.5. The second kappa shape index (κ2) is 8.10. The number of aliphatic hydroxyl groups is 1. The molecular weight excluding hydrogens is 276 g/mol. The van der Waals surface area contributed by atoms with Crippen LogP contribution in [-0.2, 0) is 0 Å². The molecule has 0 spiro atoms. The van der Waals surface area contributed by atoms with Crippen LogP contribution >= 0.6 is 12.4 Å². The van der Waals surface area contributed by atoms with E-state index < -0.39 is 6.10 Å². The van der Waals surface area contributed by atoms with E-state index in [1.54, 1.807) is 0 Å². The van der Waals surface area contributed by atoms with Gasteiger partial charge in [-0.2, -0.15) is 0 Å². The van der Waals surface area contributed by atoms with E-state index in [0.29, 0.717) is 19.2 Å². The second-order valence-electron chi connectivity index (χ2n) is 5.01. The molecule has 2 N–H and O–H groups in total. The summed E-state index contributed by atoms with van der Waals surface area (Å²) < 4.78 is 5.72. The van der Waals surface area contributed by atoms with Gasteiger partial charge in [-0.3, -0.25) is 0 Å².